The van der Waals surface area contributed by atoms with Crippen molar-refractivity contribution in [2.45, 2.75) is 23.8 Å². The number of non-ortho nitro benzene ring substituents is 1. The smallest absolute Gasteiger partial charge is 0.269 e. The van der Waals surface area contributed by atoms with Crippen LogP contribution in [0.5, 0.6) is 0 Å². The molecule has 1 N–H and O–H groups in total. The predicted octanol–water partition coefficient (Wildman–Crippen LogP) is 1.67. The van der Waals surface area contributed by atoms with E-state index in [2.05, 4.69) is 0 Å². The Bertz CT molecular complexity index is 492. The molecule has 0 saturated carbocycles. The first-order valence-corrected chi connectivity index (χ1v) is 7.38. The van der Waals surface area contributed by atoms with Gasteiger partial charge in [-0.05, 0) is 25.0 Å². The van der Waals surface area contributed by atoms with E-state index in [0.29, 0.717) is 6.54 Å². The summed E-state index contributed by atoms with van der Waals surface area (Å²) in [6.07, 6.45) is 1.78. The number of carbonyl (C=O) groups excluding carboxylic acids is 1. The molecule has 1 aliphatic rings. The average molecular weight is 296 g/mol. The van der Waals surface area contributed by atoms with Crippen LogP contribution < -0.4 is 0 Å². The Balaban J connectivity index is 1.88. The second-order valence-electron chi connectivity index (χ2n) is 4.61. The van der Waals surface area contributed by atoms with E-state index in [1.54, 1.807) is 17.0 Å². The van der Waals surface area contributed by atoms with Crippen LogP contribution >= 0.6 is 11.8 Å². The summed E-state index contributed by atoms with van der Waals surface area (Å²) in [4.78, 5) is 24.7. The van der Waals surface area contributed by atoms with Gasteiger partial charge in [0.25, 0.3) is 5.69 Å². The number of carbonyl (C=O) groups is 1. The first kappa shape index (κ1) is 14.8. The molecule has 1 aromatic carbocycles. The van der Waals surface area contributed by atoms with Crippen molar-refractivity contribution >= 4 is 23.4 Å². The van der Waals surface area contributed by atoms with Crippen LogP contribution in [-0.2, 0) is 4.79 Å². The minimum Gasteiger partial charge on any atom is -0.394 e. The topological polar surface area (TPSA) is 83.7 Å². The van der Waals surface area contributed by atoms with Crippen molar-refractivity contribution in [3.05, 3.63) is 34.4 Å². The third kappa shape index (κ3) is 3.49. The van der Waals surface area contributed by atoms with E-state index in [1.165, 1.54) is 23.9 Å². The fourth-order valence-electron chi connectivity index (χ4n) is 2.25. The number of likely N-dealkylation sites (tertiary alicyclic amines) is 1. The summed E-state index contributed by atoms with van der Waals surface area (Å²) >= 11 is 1.35. The van der Waals surface area contributed by atoms with E-state index in [9.17, 15) is 20.0 Å². The summed E-state index contributed by atoms with van der Waals surface area (Å²) in [7, 11) is 0. The lowest BCUT2D eigenvalue weighted by Crippen LogP contribution is -2.38. The van der Waals surface area contributed by atoms with Gasteiger partial charge >= 0.3 is 0 Å². The van der Waals surface area contributed by atoms with Crippen molar-refractivity contribution < 1.29 is 14.8 Å². The average Bonchev–Trinajstić information content (AvgIpc) is 2.93. The van der Waals surface area contributed by atoms with Crippen LogP contribution in [0.3, 0.4) is 0 Å². The van der Waals surface area contributed by atoms with Crippen molar-refractivity contribution in [2.24, 2.45) is 0 Å². The van der Waals surface area contributed by atoms with Crippen molar-refractivity contribution in [2.75, 3.05) is 18.9 Å². The summed E-state index contributed by atoms with van der Waals surface area (Å²) in [6, 6.07) is 6.09. The van der Waals surface area contributed by atoms with Crippen molar-refractivity contribution in [3.63, 3.8) is 0 Å². The lowest BCUT2D eigenvalue weighted by Gasteiger charge is -2.22. The summed E-state index contributed by atoms with van der Waals surface area (Å²) in [5.41, 5.74) is 0.0422. The summed E-state index contributed by atoms with van der Waals surface area (Å²) in [5.74, 6) is 0.291. The van der Waals surface area contributed by atoms with Gasteiger partial charge in [-0.25, -0.2) is 0 Å². The molecule has 1 aliphatic heterocycles. The minimum atomic E-state index is -0.449. The second-order valence-corrected chi connectivity index (χ2v) is 5.65. The molecule has 1 amide bonds. The number of nitrogens with zero attached hydrogens (tertiary/aromatic N) is 2. The van der Waals surface area contributed by atoms with Crippen LogP contribution in [0.25, 0.3) is 0 Å². The molecule has 6 nitrogen and oxygen atoms in total. The Hall–Kier alpha value is -1.60. The molecule has 0 aromatic heterocycles. The number of amides is 1. The molecule has 0 unspecified atom stereocenters. The van der Waals surface area contributed by atoms with Gasteiger partial charge in [-0.2, -0.15) is 0 Å². The molecular weight excluding hydrogens is 280 g/mol. The lowest BCUT2D eigenvalue weighted by molar-refractivity contribution is -0.384. The van der Waals surface area contributed by atoms with E-state index in [-0.39, 0.29) is 30.0 Å². The SMILES string of the molecule is O=C(CSc1ccc([N+](=O)[O-])cc1)N1CCC[C@H]1CO. The van der Waals surface area contributed by atoms with E-state index >= 15 is 0 Å². The van der Waals surface area contributed by atoms with E-state index in [1.807, 2.05) is 0 Å². The Morgan fingerprint density at radius 1 is 1.45 bits per heavy atom. The van der Waals surface area contributed by atoms with Gasteiger partial charge in [0.1, 0.15) is 0 Å². The van der Waals surface area contributed by atoms with Crippen LogP contribution in [0.15, 0.2) is 29.2 Å². The van der Waals surface area contributed by atoms with E-state index in [0.717, 1.165) is 17.7 Å². The number of hydrogen-bond acceptors (Lipinski definition) is 5. The van der Waals surface area contributed by atoms with Crippen LogP contribution in [0.1, 0.15) is 12.8 Å². The number of thioether (sulfide) groups is 1. The largest absolute Gasteiger partial charge is 0.394 e. The second kappa shape index (κ2) is 6.71. The third-order valence-electron chi connectivity index (χ3n) is 3.32. The molecule has 1 aromatic rings. The number of rotatable bonds is 5. The van der Waals surface area contributed by atoms with Gasteiger partial charge in [-0.15, -0.1) is 11.8 Å². The Morgan fingerprint density at radius 2 is 2.15 bits per heavy atom. The van der Waals surface area contributed by atoms with Gasteiger partial charge in [0.05, 0.1) is 23.3 Å². The van der Waals surface area contributed by atoms with Crippen LogP contribution in [0, 0.1) is 10.1 Å². The fourth-order valence-corrected chi connectivity index (χ4v) is 3.03. The van der Waals surface area contributed by atoms with Crippen molar-refractivity contribution in [3.8, 4) is 0 Å². The predicted molar refractivity (Wildman–Crippen MR) is 75.6 cm³/mol. The molecule has 1 saturated heterocycles. The number of aliphatic hydroxyl groups excluding tert-OH is 1. The van der Waals surface area contributed by atoms with E-state index < -0.39 is 4.92 Å². The first-order valence-electron chi connectivity index (χ1n) is 6.39. The first-order chi connectivity index (χ1) is 9.61. The number of nitro benzene ring substituents is 1. The minimum absolute atomic E-state index is 0.00454. The maximum absolute atomic E-state index is 12.0. The molecule has 1 atom stereocenters. The fraction of sp³-hybridized carbons (Fsp3) is 0.462. The van der Waals surface area contributed by atoms with Gasteiger partial charge in [0.15, 0.2) is 0 Å². The molecule has 0 aliphatic carbocycles. The standard InChI is InChI=1S/C13H16N2O4S/c16-8-11-2-1-7-14(11)13(17)9-20-12-5-3-10(4-6-12)15(18)19/h3-6,11,16H,1-2,7-9H2/t11-/m0/s1. The number of nitro groups is 1. The monoisotopic (exact) mass is 296 g/mol. The highest BCUT2D eigenvalue weighted by molar-refractivity contribution is 8.00. The van der Waals surface area contributed by atoms with Gasteiger partial charge in [-0.3, -0.25) is 14.9 Å². The lowest BCUT2D eigenvalue weighted by atomic mass is 10.2. The van der Waals surface area contributed by atoms with Crippen molar-refractivity contribution in [1.82, 2.24) is 4.90 Å². The van der Waals surface area contributed by atoms with Gasteiger partial charge in [0, 0.05) is 23.6 Å². The molecule has 0 spiro atoms. The zero-order valence-corrected chi connectivity index (χ0v) is 11.7. The highest BCUT2D eigenvalue weighted by Crippen LogP contribution is 2.23. The van der Waals surface area contributed by atoms with Crippen LogP contribution in [0.2, 0.25) is 0 Å². The number of aliphatic hydroxyl groups is 1. The Labute approximate surface area is 120 Å². The quantitative estimate of drug-likeness (QED) is 0.507. The van der Waals surface area contributed by atoms with Crippen LogP contribution in [0.4, 0.5) is 5.69 Å². The van der Waals surface area contributed by atoms with E-state index in [4.69, 9.17) is 0 Å². The molecule has 0 radical (unpaired) electrons. The zero-order chi connectivity index (χ0) is 14.5. The van der Waals surface area contributed by atoms with Gasteiger partial charge < -0.3 is 10.0 Å². The summed E-state index contributed by atoms with van der Waals surface area (Å²) < 4.78 is 0. The molecule has 1 fully saturated rings. The number of hydrogen-bond donors (Lipinski definition) is 1. The maximum Gasteiger partial charge on any atom is 0.269 e. The third-order valence-corrected chi connectivity index (χ3v) is 4.31. The highest BCUT2D eigenvalue weighted by Gasteiger charge is 2.27. The van der Waals surface area contributed by atoms with Gasteiger partial charge in [0.2, 0.25) is 5.91 Å². The highest BCUT2D eigenvalue weighted by atomic mass is 32.2. The molecule has 108 valence electrons. The number of benzene rings is 1. The Morgan fingerprint density at radius 3 is 2.75 bits per heavy atom. The van der Waals surface area contributed by atoms with Gasteiger partial charge in [-0.1, -0.05) is 0 Å². The molecule has 1 heterocycles. The summed E-state index contributed by atoms with van der Waals surface area (Å²) in [6.45, 7) is 0.707. The molecule has 2 rings (SSSR count). The summed E-state index contributed by atoms with van der Waals surface area (Å²) in [5, 5.41) is 19.7. The molecular formula is C13H16N2O4S. The Kier molecular flexibility index (Phi) is 4.97. The molecule has 20 heavy (non-hydrogen) atoms. The van der Waals surface area contributed by atoms with Crippen LogP contribution in [-0.4, -0.2) is 45.8 Å². The normalized spacial score (nSPS) is 18.2. The van der Waals surface area contributed by atoms with Crippen molar-refractivity contribution in [1.29, 1.82) is 0 Å². The zero-order valence-electron chi connectivity index (χ0n) is 10.9. The molecule has 0 bridgehead atoms. The maximum atomic E-state index is 12.0. The molecule has 7 heteroatoms.